The lowest BCUT2D eigenvalue weighted by Crippen LogP contribution is -2.25. The Balaban J connectivity index is 2.08. The summed E-state index contributed by atoms with van der Waals surface area (Å²) >= 11 is -1.94. The van der Waals surface area contributed by atoms with E-state index in [1.165, 1.54) is 0 Å². The molecular formula is C17H18F3N5O5S2. The van der Waals surface area contributed by atoms with Gasteiger partial charge >= 0.3 is 6.18 Å². The van der Waals surface area contributed by atoms with Gasteiger partial charge in [0, 0.05) is 18.5 Å². The minimum Gasteiger partial charge on any atom is -0.548 e. The number of anilines is 2. The highest BCUT2D eigenvalue weighted by Crippen LogP contribution is 2.43. The number of nitrogens with zero attached hydrogens (tertiary/aromatic N) is 3. The van der Waals surface area contributed by atoms with Crippen molar-refractivity contribution < 1.29 is 35.7 Å². The SMILES string of the molecule is Cc1ccc(CN=c2[nH][s+]([O-])nc2Nc2ccc(C(F)(F)F)c(S(=O)(=O)N(C)C)c2O)o1. The molecule has 174 valence electrons. The zero-order chi connectivity index (χ0) is 23.8. The standard InChI is InChI=1S/C17H18F3N5O5S2/c1-9-4-5-10(30-9)8-21-15-16(24-31(27)23-15)22-12-7-6-11(17(18,19)20)14(13(12)26)32(28,29)25(2)3/h4-7,26H,8H2,1-3H3,(H,21,23)(H,22,24). The molecule has 3 aromatic rings. The Bertz CT molecular complexity index is 1310. The second-order valence-electron chi connectivity index (χ2n) is 6.72. The molecule has 0 aliphatic carbocycles. The van der Waals surface area contributed by atoms with Gasteiger partial charge in [-0.2, -0.15) is 13.2 Å². The fourth-order valence-corrected chi connectivity index (χ4v) is 4.51. The van der Waals surface area contributed by atoms with Crippen LogP contribution in [0.15, 0.2) is 38.6 Å². The Morgan fingerprint density at radius 1 is 1.31 bits per heavy atom. The Morgan fingerprint density at radius 3 is 2.56 bits per heavy atom. The van der Waals surface area contributed by atoms with Crippen LogP contribution in [0.2, 0.25) is 0 Å². The Labute approximate surface area is 183 Å². The van der Waals surface area contributed by atoms with Gasteiger partial charge in [0.1, 0.15) is 16.4 Å². The number of aryl methyl sites for hydroxylation is 1. The van der Waals surface area contributed by atoms with E-state index in [9.17, 15) is 31.2 Å². The summed E-state index contributed by atoms with van der Waals surface area (Å²) in [7, 11) is -2.62. The fourth-order valence-electron chi connectivity index (χ4n) is 2.66. The highest BCUT2D eigenvalue weighted by atomic mass is 32.2. The van der Waals surface area contributed by atoms with Gasteiger partial charge in [-0.1, -0.05) is 0 Å². The number of aromatic amines is 1. The Kier molecular flexibility index (Phi) is 6.37. The number of aromatic hydroxyl groups is 1. The van der Waals surface area contributed by atoms with Crippen LogP contribution in [-0.2, 0) is 22.7 Å². The summed E-state index contributed by atoms with van der Waals surface area (Å²) in [5, 5.41) is 13.0. The van der Waals surface area contributed by atoms with Crippen LogP contribution in [0.4, 0.5) is 24.7 Å². The number of hydrogen-bond donors (Lipinski definition) is 3. The minimum absolute atomic E-state index is 0.0197. The van der Waals surface area contributed by atoms with Crippen molar-refractivity contribution in [1.29, 1.82) is 0 Å². The van der Waals surface area contributed by atoms with Gasteiger partial charge in [-0.15, -0.1) is 4.37 Å². The van der Waals surface area contributed by atoms with Crippen molar-refractivity contribution in [3.63, 3.8) is 0 Å². The molecule has 0 aliphatic heterocycles. The number of phenolic OH excluding ortho intramolecular Hbond substituents is 1. The van der Waals surface area contributed by atoms with Gasteiger partial charge < -0.3 is 19.4 Å². The van der Waals surface area contributed by atoms with Gasteiger partial charge in [0.2, 0.25) is 21.3 Å². The topological polar surface area (TPSA) is 147 Å². The average Bonchev–Trinajstić information content (AvgIpc) is 3.25. The third kappa shape index (κ3) is 4.79. The molecule has 0 saturated carbocycles. The van der Waals surface area contributed by atoms with E-state index >= 15 is 0 Å². The first kappa shape index (κ1) is 23.8. The zero-order valence-electron chi connectivity index (χ0n) is 16.9. The monoisotopic (exact) mass is 493 g/mol. The molecule has 1 unspecified atom stereocenters. The van der Waals surface area contributed by atoms with Crippen LogP contribution >= 0.6 is 11.1 Å². The number of sulfonamides is 1. The molecule has 10 nitrogen and oxygen atoms in total. The number of rotatable bonds is 6. The molecule has 32 heavy (non-hydrogen) atoms. The lowest BCUT2D eigenvalue weighted by atomic mass is 10.1. The van der Waals surface area contributed by atoms with Crippen molar-refractivity contribution in [2.45, 2.75) is 24.5 Å². The maximum absolute atomic E-state index is 13.4. The molecule has 2 aromatic heterocycles. The smallest absolute Gasteiger partial charge is 0.417 e. The maximum atomic E-state index is 13.4. The number of alkyl halides is 3. The number of aromatic nitrogens is 2. The molecule has 0 amide bonds. The number of hydrogen-bond acceptors (Lipinski definition) is 8. The van der Waals surface area contributed by atoms with Crippen molar-refractivity contribution in [2.24, 2.45) is 4.99 Å². The summed E-state index contributed by atoms with van der Waals surface area (Å²) in [6.07, 6.45) is -5.05. The van der Waals surface area contributed by atoms with Crippen molar-refractivity contribution in [1.82, 2.24) is 13.1 Å². The molecule has 0 saturated heterocycles. The van der Waals surface area contributed by atoms with Crippen molar-refractivity contribution in [2.75, 3.05) is 19.4 Å². The summed E-state index contributed by atoms with van der Waals surface area (Å²) in [4.78, 5) is 2.84. The highest BCUT2D eigenvalue weighted by molar-refractivity contribution is 7.89. The van der Waals surface area contributed by atoms with Gasteiger partial charge in [-0.3, -0.25) is 4.99 Å². The third-order valence-electron chi connectivity index (χ3n) is 4.20. The quantitative estimate of drug-likeness (QED) is 0.353. The van der Waals surface area contributed by atoms with Gasteiger partial charge in [-0.05, 0) is 31.2 Å². The first-order valence-electron chi connectivity index (χ1n) is 8.80. The van der Waals surface area contributed by atoms with E-state index in [1.807, 2.05) is 0 Å². The largest absolute Gasteiger partial charge is 0.548 e. The molecule has 0 spiro atoms. The summed E-state index contributed by atoms with van der Waals surface area (Å²) in [6, 6.07) is 4.75. The lowest BCUT2D eigenvalue weighted by Gasteiger charge is -2.19. The van der Waals surface area contributed by atoms with Crippen LogP contribution in [0.3, 0.4) is 0 Å². The molecule has 15 heteroatoms. The molecule has 2 heterocycles. The summed E-state index contributed by atoms with van der Waals surface area (Å²) in [5.41, 5.74) is -1.96. The molecule has 3 rings (SSSR count). The molecule has 1 aromatic carbocycles. The molecule has 3 N–H and O–H groups in total. The van der Waals surface area contributed by atoms with E-state index in [4.69, 9.17) is 4.42 Å². The summed E-state index contributed by atoms with van der Waals surface area (Å²) in [5.74, 6) is -0.199. The van der Waals surface area contributed by atoms with E-state index in [1.54, 1.807) is 19.1 Å². The van der Waals surface area contributed by atoms with Crippen molar-refractivity contribution in [3.8, 4) is 5.75 Å². The summed E-state index contributed by atoms with van der Waals surface area (Å²) in [6.45, 7) is 1.77. The number of phenols is 1. The van der Waals surface area contributed by atoms with Gasteiger partial charge in [0.05, 0.1) is 17.8 Å². The molecule has 0 bridgehead atoms. The first-order chi connectivity index (χ1) is 14.8. The van der Waals surface area contributed by atoms with Gasteiger partial charge in [0.25, 0.3) is 0 Å². The predicted molar refractivity (Wildman–Crippen MR) is 107 cm³/mol. The van der Waals surface area contributed by atoms with Crippen LogP contribution in [-0.4, -0.2) is 45.2 Å². The lowest BCUT2D eigenvalue weighted by molar-refractivity contribution is -0.140. The predicted octanol–water partition coefficient (Wildman–Crippen LogP) is 2.86. The van der Waals surface area contributed by atoms with Crippen LogP contribution in [0.25, 0.3) is 0 Å². The minimum atomic E-state index is -5.05. The van der Waals surface area contributed by atoms with Gasteiger partial charge in [0.15, 0.2) is 16.9 Å². The Morgan fingerprint density at radius 2 is 2.00 bits per heavy atom. The van der Waals surface area contributed by atoms with Crippen LogP contribution in [0.1, 0.15) is 17.1 Å². The fraction of sp³-hybridized carbons (Fsp3) is 0.294. The van der Waals surface area contributed by atoms with Crippen LogP contribution in [0.5, 0.6) is 5.75 Å². The molecule has 0 aliphatic rings. The number of H-pyrrole nitrogens is 1. The van der Waals surface area contributed by atoms with Crippen molar-refractivity contribution in [3.05, 3.63) is 46.8 Å². The first-order valence-corrected chi connectivity index (χ1v) is 11.4. The number of furan rings is 1. The second kappa shape index (κ2) is 8.57. The second-order valence-corrected chi connectivity index (χ2v) is 9.69. The Hall–Kier alpha value is -2.88. The average molecular weight is 493 g/mol. The van der Waals surface area contributed by atoms with E-state index in [-0.39, 0.29) is 17.9 Å². The van der Waals surface area contributed by atoms with E-state index in [0.717, 1.165) is 20.2 Å². The van der Waals surface area contributed by atoms with Crippen LogP contribution in [0, 0.1) is 6.92 Å². The molecule has 0 radical (unpaired) electrons. The molecule has 0 fully saturated rings. The van der Waals surface area contributed by atoms with Crippen LogP contribution < -0.4 is 10.8 Å². The summed E-state index contributed by atoms with van der Waals surface area (Å²) < 4.78 is 89.2. The maximum Gasteiger partial charge on any atom is 0.417 e. The highest BCUT2D eigenvalue weighted by Gasteiger charge is 2.40. The van der Waals surface area contributed by atoms with E-state index in [0.29, 0.717) is 21.9 Å². The number of nitrogens with one attached hydrogen (secondary N) is 2. The van der Waals surface area contributed by atoms with E-state index < -0.39 is 49.2 Å². The van der Waals surface area contributed by atoms with Gasteiger partial charge in [-0.25, -0.2) is 12.7 Å². The third-order valence-corrected chi connectivity index (χ3v) is 6.81. The normalized spacial score (nSPS) is 13.8. The molecule has 1 atom stereocenters. The van der Waals surface area contributed by atoms with E-state index in [2.05, 4.69) is 19.1 Å². The van der Waals surface area contributed by atoms with Crippen molar-refractivity contribution >= 4 is 32.7 Å². The zero-order valence-corrected chi connectivity index (χ0v) is 18.5. The molecular weight excluding hydrogens is 475 g/mol. The number of benzene rings is 1. The number of halogens is 3.